The van der Waals surface area contributed by atoms with Crippen molar-refractivity contribution in [2.24, 2.45) is 0 Å². The molecule has 0 saturated heterocycles. The molecule has 9 heteroatoms. The van der Waals surface area contributed by atoms with E-state index < -0.39 is 5.97 Å². The number of amides is 1. The van der Waals surface area contributed by atoms with E-state index in [1.807, 2.05) is 6.92 Å². The van der Waals surface area contributed by atoms with Crippen LogP contribution in [0.3, 0.4) is 0 Å². The fraction of sp³-hybridized carbons (Fsp3) is 0.333. The van der Waals surface area contributed by atoms with Gasteiger partial charge in [0.15, 0.2) is 0 Å². The molecule has 2 aromatic heterocycles. The van der Waals surface area contributed by atoms with E-state index in [2.05, 4.69) is 10.3 Å². The van der Waals surface area contributed by atoms with E-state index in [1.165, 1.54) is 10.9 Å². The van der Waals surface area contributed by atoms with Crippen LogP contribution in [0.4, 0.5) is 5.69 Å². The number of fused-ring (bicyclic) bond motifs is 1. The first-order chi connectivity index (χ1) is 14.3. The number of hydrogen-bond acceptors (Lipinski definition) is 7. The number of rotatable bonds is 7. The van der Waals surface area contributed by atoms with E-state index in [0.717, 1.165) is 11.3 Å². The Morgan fingerprint density at radius 2 is 1.93 bits per heavy atom. The predicted molar refractivity (Wildman–Crippen MR) is 115 cm³/mol. The molecule has 0 aliphatic rings. The Morgan fingerprint density at radius 3 is 2.57 bits per heavy atom. The second-order valence-corrected chi connectivity index (χ2v) is 7.87. The molecule has 8 nitrogen and oxygen atoms in total. The highest BCUT2D eigenvalue weighted by atomic mass is 32.1. The molecule has 30 heavy (non-hydrogen) atoms. The number of benzene rings is 1. The Hall–Kier alpha value is -3.20. The summed E-state index contributed by atoms with van der Waals surface area (Å²) >= 11 is 1.11. The molecular formula is C21H23N3O5S. The third-order valence-electron chi connectivity index (χ3n) is 4.21. The first-order valence-electron chi connectivity index (χ1n) is 9.52. The quantitative estimate of drug-likeness (QED) is 0.578. The lowest BCUT2D eigenvalue weighted by Gasteiger charge is -2.08. The zero-order chi connectivity index (χ0) is 21.8. The van der Waals surface area contributed by atoms with Gasteiger partial charge in [0.25, 0.3) is 5.56 Å². The number of aryl methyl sites for hydroxylation is 1. The van der Waals surface area contributed by atoms with Gasteiger partial charge in [-0.3, -0.25) is 14.2 Å². The summed E-state index contributed by atoms with van der Waals surface area (Å²) in [6.45, 7) is 7.45. The van der Waals surface area contributed by atoms with Crippen LogP contribution in [-0.4, -0.2) is 34.1 Å². The van der Waals surface area contributed by atoms with Crippen molar-refractivity contribution in [3.8, 4) is 5.75 Å². The topological polar surface area (TPSA) is 99.5 Å². The van der Waals surface area contributed by atoms with Crippen molar-refractivity contribution in [2.45, 2.75) is 40.3 Å². The summed E-state index contributed by atoms with van der Waals surface area (Å²) in [5.41, 5.74) is 0.731. The normalized spacial score (nSPS) is 11.0. The molecule has 1 amide bonds. The molecule has 158 valence electrons. The molecule has 2 heterocycles. The largest absolute Gasteiger partial charge is 0.494 e. The van der Waals surface area contributed by atoms with Gasteiger partial charge in [0, 0.05) is 5.69 Å². The molecule has 0 aliphatic carbocycles. The lowest BCUT2D eigenvalue weighted by atomic mass is 10.2. The number of nitrogens with one attached hydrogen (secondary N) is 1. The van der Waals surface area contributed by atoms with Crippen LogP contribution in [0.2, 0.25) is 0 Å². The number of carbonyl (C=O) groups is 2. The van der Waals surface area contributed by atoms with Crippen LogP contribution in [0, 0.1) is 6.92 Å². The maximum atomic E-state index is 12.9. The van der Waals surface area contributed by atoms with Gasteiger partial charge in [-0.2, -0.15) is 0 Å². The van der Waals surface area contributed by atoms with Gasteiger partial charge in [-0.1, -0.05) is 0 Å². The van der Waals surface area contributed by atoms with E-state index in [-0.39, 0.29) is 24.1 Å². The van der Waals surface area contributed by atoms with Gasteiger partial charge in [0.2, 0.25) is 5.91 Å². The van der Waals surface area contributed by atoms with E-state index >= 15 is 0 Å². The highest BCUT2D eigenvalue weighted by Gasteiger charge is 2.21. The third kappa shape index (κ3) is 4.68. The van der Waals surface area contributed by atoms with Crippen molar-refractivity contribution in [1.29, 1.82) is 0 Å². The van der Waals surface area contributed by atoms with Crippen LogP contribution < -0.4 is 15.6 Å². The maximum Gasteiger partial charge on any atom is 0.348 e. The molecule has 1 aromatic carbocycles. The van der Waals surface area contributed by atoms with Gasteiger partial charge in [-0.15, -0.1) is 11.3 Å². The number of esters is 1. The van der Waals surface area contributed by atoms with Crippen molar-refractivity contribution in [3.63, 3.8) is 0 Å². The predicted octanol–water partition coefficient (Wildman–Crippen LogP) is 3.37. The Labute approximate surface area is 177 Å². The minimum atomic E-state index is -0.482. The first kappa shape index (κ1) is 21.5. The van der Waals surface area contributed by atoms with Gasteiger partial charge in [-0.05, 0) is 57.5 Å². The first-order valence-corrected chi connectivity index (χ1v) is 10.3. The summed E-state index contributed by atoms with van der Waals surface area (Å²) in [5, 5.41) is 3.07. The van der Waals surface area contributed by atoms with Crippen molar-refractivity contribution < 1.29 is 19.1 Å². The summed E-state index contributed by atoms with van der Waals surface area (Å²) in [4.78, 5) is 42.6. The van der Waals surface area contributed by atoms with Gasteiger partial charge in [-0.25, -0.2) is 9.78 Å². The fourth-order valence-electron chi connectivity index (χ4n) is 2.89. The third-order valence-corrected chi connectivity index (χ3v) is 5.39. The molecule has 0 radical (unpaired) electrons. The van der Waals surface area contributed by atoms with Crippen LogP contribution in [0.1, 0.15) is 36.0 Å². The highest BCUT2D eigenvalue weighted by Crippen LogP contribution is 2.27. The summed E-state index contributed by atoms with van der Waals surface area (Å²) in [6, 6.07) is 6.96. The molecular weight excluding hydrogens is 406 g/mol. The Kier molecular flexibility index (Phi) is 6.51. The standard InChI is InChI=1S/C21H23N3O5S/c1-5-28-15-8-6-14(7-9-15)23-16(25)10-24-11-22-19-17(20(24)26)13(4)18(30-19)21(27)29-12(2)3/h6-9,11-12H,5,10H2,1-4H3,(H,23,25). The number of ether oxygens (including phenoxy) is 2. The van der Waals surface area contributed by atoms with E-state index in [1.54, 1.807) is 45.0 Å². The van der Waals surface area contributed by atoms with Crippen LogP contribution in [0.15, 0.2) is 35.4 Å². The Morgan fingerprint density at radius 1 is 1.23 bits per heavy atom. The van der Waals surface area contributed by atoms with Gasteiger partial charge in [0.1, 0.15) is 22.0 Å². The monoisotopic (exact) mass is 429 g/mol. The fourth-order valence-corrected chi connectivity index (χ4v) is 3.91. The smallest absolute Gasteiger partial charge is 0.348 e. The number of anilines is 1. The minimum Gasteiger partial charge on any atom is -0.494 e. The molecule has 0 fully saturated rings. The highest BCUT2D eigenvalue weighted by molar-refractivity contribution is 7.20. The average Bonchev–Trinajstić information content (AvgIpc) is 3.03. The van der Waals surface area contributed by atoms with Gasteiger partial charge in [0.05, 0.1) is 24.4 Å². The number of hydrogen-bond donors (Lipinski definition) is 1. The molecule has 0 spiro atoms. The molecule has 0 bridgehead atoms. The number of carbonyl (C=O) groups excluding carboxylic acids is 2. The van der Waals surface area contributed by atoms with Gasteiger partial charge >= 0.3 is 5.97 Å². The molecule has 0 unspecified atom stereocenters. The Balaban J connectivity index is 1.80. The van der Waals surface area contributed by atoms with Crippen molar-refractivity contribution >= 4 is 39.1 Å². The zero-order valence-corrected chi connectivity index (χ0v) is 18.0. The lowest BCUT2D eigenvalue weighted by Crippen LogP contribution is -2.27. The molecule has 0 saturated carbocycles. The van der Waals surface area contributed by atoms with Crippen LogP contribution in [0.25, 0.3) is 10.2 Å². The van der Waals surface area contributed by atoms with E-state index in [0.29, 0.717) is 38.7 Å². The second kappa shape index (κ2) is 9.08. The minimum absolute atomic E-state index is 0.198. The molecule has 0 atom stereocenters. The number of nitrogens with zero attached hydrogens (tertiary/aromatic N) is 2. The summed E-state index contributed by atoms with van der Waals surface area (Å²) in [5.74, 6) is -0.138. The summed E-state index contributed by atoms with van der Waals surface area (Å²) < 4.78 is 11.8. The summed E-state index contributed by atoms with van der Waals surface area (Å²) in [6.07, 6.45) is 1.05. The zero-order valence-electron chi connectivity index (χ0n) is 17.2. The van der Waals surface area contributed by atoms with Crippen molar-refractivity contribution in [1.82, 2.24) is 9.55 Å². The molecule has 0 aliphatic heterocycles. The van der Waals surface area contributed by atoms with E-state index in [4.69, 9.17) is 9.47 Å². The maximum absolute atomic E-state index is 12.9. The molecule has 3 aromatic rings. The number of aromatic nitrogens is 2. The summed E-state index contributed by atoms with van der Waals surface area (Å²) in [7, 11) is 0. The van der Waals surface area contributed by atoms with Crippen LogP contribution >= 0.6 is 11.3 Å². The lowest BCUT2D eigenvalue weighted by molar-refractivity contribution is -0.116. The van der Waals surface area contributed by atoms with Gasteiger partial charge < -0.3 is 14.8 Å². The average molecular weight is 429 g/mol. The SMILES string of the molecule is CCOc1ccc(NC(=O)Cn2cnc3sc(C(=O)OC(C)C)c(C)c3c2=O)cc1. The van der Waals surface area contributed by atoms with Crippen LogP contribution in [-0.2, 0) is 16.1 Å². The van der Waals surface area contributed by atoms with Crippen molar-refractivity contribution in [3.05, 3.63) is 51.4 Å². The second-order valence-electron chi connectivity index (χ2n) is 6.87. The van der Waals surface area contributed by atoms with E-state index in [9.17, 15) is 14.4 Å². The number of thiophene rings is 1. The Bertz CT molecular complexity index is 1130. The molecule has 1 N–H and O–H groups in total. The van der Waals surface area contributed by atoms with Crippen LogP contribution in [0.5, 0.6) is 5.75 Å². The van der Waals surface area contributed by atoms with Crippen molar-refractivity contribution in [2.75, 3.05) is 11.9 Å². The molecule has 3 rings (SSSR count).